The van der Waals surface area contributed by atoms with Crippen molar-refractivity contribution in [1.82, 2.24) is 5.32 Å². The van der Waals surface area contributed by atoms with Gasteiger partial charge in [0.2, 0.25) is 5.91 Å². The Morgan fingerprint density at radius 1 is 1.38 bits per heavy atom. The van der Waals surface area contributed by atoms with Gasteiger partial charge < -0.3 is 15.5 Å². The van der Waals surface area contributed by atoms with Crippen molar-refractivity contribution in [2.24, 2.45) is 5.41 Å². The van der Waals surface area contributed by atoms with Gasteiger partial charge in [-0.1, -0.05) is 0 Å². The molecule has 0 heterocycles. The number of aliphatic carboxylic acids is 1. The van der Waals surface area contributed by atoms with E-state index in [1.807, 2.05) is 0 Å². The van der Waals surface area contributed by atoms with Crippen LogP contribution in [0.4, 0.5) is 0 Å². The van der Waals surface area contributed by atoms with Crippen molar-refractivity contribution in [3.63, 3.8) is 0 Å². The van der Waals surface area contributed by atoms with E-state index < -0.39 is 18.3 Å². The van der Waals surface area contributed by atoms with E-state index in [1.54, 1.807) is 0 Å². The predicted octanol–water partition coefficient (Wildman–Crippen LogP) is -0.650. The maximum absolute atomic E-state index is 10.9. The molecule has 1 fully saturated rings. The van der Waals surface area contributed by atoms with Crippen molar-refractivity contribution in [3.05, 3.63) is 0 Å². The van der Waals surface area contributed by atoms with Crippen LogP contribution >= 0.6 is 0 Å². The first-order valence-corrected chi connectivity index (χ1v) is 4.17. The molecule has 0 spiro atoms. The molecule has 0 aliphatic heterocycles. The highest BCUT2D eigenvalue weighted by molar-refractivity contribution is 5.93. The van der Waals surface area contributed by atoms with Crippen LogP contribution in [0, 0.1) is 5.41 Å². The quantitative estimate of drug-likeness (QED) is 0.499. The first-order valence-electron chi connectivity index (χ1n) is 4.17. The van der Waals surface area contributed by atoms with Crippen LogP contribution in [0.15, 0.2) is 0 Å². The molecule has 1 aliphatic carbocycles. The highest BCUT2D eigenvalue weighted by atomic mass is 16.4. The second kappa shape index (κ2) is 3.74. The SMILES string of the molecule is O=C(O)CC(=O)NCC1(CO)CC1. The van der Waals surface area contributed by atoms with Crippen LogP contribution in [-0.4, -0.2) is 35.2 Å². The minimum absolute atomic E-state index is 0.0559. The Morgan fingerprint density at radius 3 is 2.38 bits per heavy atom. The van der Waals surface area contributed by atoms with Gasteiger partial charge in [0.05, 0.1) is 6.61 Å². The molecule has 5 heteroatoms. The average Bonchev–Trinajstić information content (AvgIpc) is 2.80. The lowest BCUT2D eigenvalue weighted by atomic mass is 10.1. The van der Waals surface area contributed by atoms with E-state index >= 15 is 0 Å². The number of aliphatic hydroxyl groups excluding tert-OH is 1. The summed E-state index contributed by atoms with van der Waals surface area (Å²) in [6.07, 6.45) is 1.30. The van der Waals surface area contributed by atoms with Crippen molar-refractivity contribution >= 4 is 11.9 Å². The average molecular weight is 187 g/mol. The second-order valence-electron chi connectivity index (χ2n) is 3.51. The standard InChI is InChI=1S/C8H13NO4/c10-5-8(1-2-8)4-9-6(11)3-7(12)13/h10H,1-5H2,(H,9,11)(H,12,13). The summed E-state index contributed by atoms with van der Waals surface area (Å²) in [6, 6.07) is 0. The number of carbonyl (C=O) groups is 2. The van der Waals surface area contributed by atoms with Gasteiger partial charge in [0.15, 0.2) is 0 Å². The molecule has 1 amide bonds. The summed E-state index contributed by atoms with van der Waals surface area (Å²) < 4.78 is 0. The summed E-state index contributed by atoms with van der Waals surface area (Å²) >= 11 is 0. The Hall–Kier alpha value is -1.10. The number of carbonyl (C=O) groups excluding carboxylic acids is 1. The van der Waals surface area contributed by atoms with Gasteiger partial charge in [-0.2, -0.15) is 0 Å². The Kier molecular flexibility index (Phi) is 2.87. The maximum Gasteiger partial charge on any atom is 0.312 e. The van der Waals surface area contributed by atoms with Gasteiger partial charge in [-0.3, -0.25) is 9.59 Å². The Labute approximate surface area is 75.7 Å². The van der Waals surface area contributed by atoms with Gasteiger partial charge >= 0.3 is 5.97 Å². The summed E-state index contributed by atoms with van der Waals surface area (Å²) in [5.41, 5.74) is -0.159. The van der Waals surface area contributed by atoms with Crippen molar-refractivity contribution in [2.75, 3.05) is 13.2 Å². The molecule has 5 nitrogen and oxygen atoms in total. The van der Waals surface area contributed by atoms with E-state index in [0.717, 1.165) is 12.8 Å². The van der Waals surface area contributed by atoms with Crippen molar-refractivity contribution in [3.8, 4) is 0 Å². The highest BCUT2D eigenvalue weighted by Gasteiger charge is 2.42. The summed E-state index contributed by atoms with van der Waals surface area (Å²) in [7, 11) is 0. The molecule has 1 saturated carbocycles. The lowest BCUT2D eigenvalue weighted by molar-refractivity contribution is -0.140. The fraction of sp³-hybridized carbons (Fsp3) is 0.750. The van der Waals surface area contributed by atoms with E-state index in [4.69, 9.17) is 10.2 Å². The fourth-order valence-electron chi connectivity index (χ4n) is 1.05. The molecule has 3 N–H and O–H groups in total. The molecule has 0 unspecified atom stereocenters. The van der Waals surface area contributed by atoms with Crippen molar-refractivity contribution < 1.29 is 19.8 Å². The lowest BCUT2D eigenvalue weighted by Gasteiger charge is -2.11. The topological polar surface area (TPSA) is 86.6 Å². The zero-order valence-electron chi connectivity index (χ0n) is 7.25. The molecule has 0 radical (unpaired) electrons. The third kappa shape index (κ3) is 3.02. The molecule has 0 aromatic heterocycles. The molecule has 1 rings (SSSR count). The summed E-state index contributed by atoms with van der Waals surface area (Å²) in [5.74, 6) is -1.63. The molecule has 0 bridgehead atoms. The fourth-order valence-corrected chi connectivity index (χ4v) is 1.05. The number of aliphatic hydroxyl groups is 1. The van der Waals surface area contributed by atoms with Crippen LogP contribution in [0.25, 0.3) is 0 Å². The number of hydrogen-bond acceptors (Lipinski definition) is 3. The first-order chi connectivity index (χ1) is 6.08. The van der Waals surface area contributed by atoms with Gasteiger partial charge in [0.25, 0.3) is 0 Å². The molecule has 13 heavy (non-hydrogen) atoms. The van der Waals surface area contributed by atoms with Crippen molar-refractivity contribution in [2.45, 2.75) is 19.3 Å². The summed E-state index contributed by atoms with van der Waals surface area (Å²) in [4.78, 5) is 21.0. The molecular formula is C8H13NO4. The number of amides is 1. The van der Waals surface area contributed by atoms with Crippen LogP contribution in [0.5, 0.6) is 0 Å². The smallest absolute Gasteiger partial charge is 0.312 e. The van der Waals surface area contributed by atoms with E-state index in [2.05, 4.69) is 5.32 Å². The minimum Gasteiger partial charge on any atom is -0.481 e. The largest absolute Gasteiger partial charge is 0.481 e. The molecule has 1 aliphatic rings. The monoisotopic (exact) mass is 187 g/mol. The third-order valence-electron chi connectivity index (χ3n) is 2.26. The highest BCUT2D eigenvalue weighted by Crippen LogP contribution is 2.44. The van der Waals surface area contributed by atoms with Crippen LogP contribution in [-0.2, 0) is 9.59 Å². The van der Waals surface area contributed by atoms with Crippen LogP contribution < -0.4 is 5.32 Å². The molecule has 0 atom stereocenters. The molecule has 0 aromatic carbocycles. The Morgan fingerprint density at radius 2 is 2.00 bits per heavy atom. The second-order valence-corrected chi connectivity index (χ2v) is 3.51. The minimum atomic E-state index is -1.13. The van der Waals surface area contributed by atoms with Gasteiger partial charge in [0, 0.05) is 12.0 Å². The Bertz CT molecular complexity index is 222. The van der Waals surface area contributed by atoms with Gasteiger partial charge in [-0.15, -0.1) is 0 Å². The summed E-state index contributed by atoms with van der Waals surface area (Å²) in [5, 5.41) is 19.6. The number of nitrogens with one attached hydrogen (secondary N) is 1. The first kappa shape index (κ1) is 9.98. The predicted molar refractivity (Wildman–Crippen MR) is 44.0 cm³/mol. The van der Waals surface area contributed by atoms with E-state index in [0.29, 0.717) is 6.54 Å². The molecule has 74 valence electrons. The molecule has 0 saturated heterocycles. The van der Waals surface area contributed by atoms with Crippen LogP contribution in [0.3, 0.4) is 0 Å². The molecule has 0 aromatic rings. The molecular weight excluding hydrogens is 174 g/mol. The van der Waals surface area contributed by atoms with Gasteiger partial charge in [-0.05, 0) is 12.8 Å². The zero-order chi connectivity index (χ0) is 9.90. The number of carboxylic acids is 1. The normalized spacial score (nSPS) is 17.9. The van der Waals surface area contributed by atoms with Crippen molar-refractivity contribution in [1.29, 1.82) is 0 Å². The lowest BCUT2D eigenvalue weighted by Crippen LogP contribution is -2.32. The Balaban J connectivity index is 2.19. The van der Waals surface area contributed by atoms with E-state index in [9.17, 15) is 9.59 Å². The van der Waals surface area contributed by atoms with Crippen LogP contribution in [0.2, 0.25) is 0 Å². The zero-order valence-corrected chi connectivity index (χ0v) is 7.25. The van der Waals surface area contributed by atoms with E-state index in [1.165, 1.54) is 0 Å². The van der Waals surface area contributed by atoms with Gasteiger partial charge in [0.1, 0.15) is 6.42 Å². The van der Waals surface area contributed by atoms with Crippen LogP contribution in [0.1, 0.15) is 19.3 Å². The third-order valence-corrected chi connectivity index (χ3v) is 2.26. The summed E-state index contributed by atoms with van der Waals surface area (Å²) in [6.45, 7) is 0.440. The maximum atomic E-state index is 10.9. The number of hydrogen-bond donors (Lipinski definition) is 3. The van der Waals surface area contributed by atoms with Gasteiger partial charge in [-0.25, -0.2) is 0 Å². The number of carboxylic acid groups (broad SMARTS) is 1. The number of rotatable bonds is 5. The van der Waals surface area contributed by atoms with E-state index in [-0.39, 0.29) is 12.0 Å².